The van der Waals surface area contributed by atoms with Crippen LogP contribution in [0.2, 0.25) is 0 Å². The largest absolute Gasteiger partial charge is 0.522 e. The lowest BCUT2D eigenvalue weighted by Gasteiger charge is -2.31. The molecule has 0 aromatic rings. The van der Waals surface area contributed by atoms with Gasteiger partial charge in [-0.2, -0.15) is 0 Å². The van der Waals surface area contributed by atoms with Gasteiger partial charge in [-0.25, -0.2) is 0 Å². The van der Waals surface area contributed by atoms with Crippen LogP contribution in [0.5, 0.6) is 0 Å². The van der Waals surface area contributed by atoms with E-state index in [0.717, 1.165) is 0 Å². The molecule has 1 unspecified atom stereocenters. The fraction of sp³-hybridized carbons (Fsp3) is 0.818. The number of halogens is 3. The van der Waals surface area contributed by atoms with Gasteiger partial charge in [0.2, 0.25) is 11.8 Å². The van der Waals surface area contributed by atoms with E-state index in [1.807, 2.05) is 0 Å². The van der Waals surface area contributed by atoms with Crippen LogP contribution in [0.1, 0.15) is 27.2 Å². The Kier molecular flexibility index (Phi) is 4.44. The van der Waals surface area contributed by atoms with Crippen LogP contribution in [0.4, 0.5) is 13.2 Å². The molecule has 19 heavy (non-hydrogen) atoms. The van der Waals surface area contributed by atoms with E-state index >= 15 is 0 Å². The monoisotopic (exact) mass is 282 g/mol. The Morgan fingerprint density at radius 3 is 2.53 bits per heavy atom. The minimum atomic E-state index is -4.72. The maximum absolute atomic E-state index is 12.2. The fourth-order valence-electron chi connectivity index (χ4n) is 1.97. The van der Waals surface area contributed by atoms with Gasteiger partial charge in [0.05, 0.1) is 6.61 Å². The van der Waals surface area contributed by atoms with Gasteiger partial charge < -0.3 is 10.2 Å². The average molecular weight is 282 g/mol. The van der Waals surface area contributed by atoms with Crippen molar-refractivity contribution < 1.29 is 27.5 Å². The van der Waals surface area contributed by atoms with Gasteiger partial charge in [-0.05, 0) is 20.8 Å². The third-order valence-corrected chi connectivity index (χ3v) is 2.86. The molecular formula is C11H17F3N2O3. The number of carbonyl (C=O) groups excluding carboxylic acids is 2. The Hall–Kier alpha value is -1.31. The summed E-state index contributed by atoms with van der Waals surface area (Å²) in [4.78, 5) is 24.9. The fourth-order valence-corrected chi connectivity index (χ4v) is 1.97. The molecule has 1 heterocycles. The summed E-state index contributed by atoms with van der Waals surface area (Å²) in [7, 11) is 0. The number of amides is 2. The molecule has 1 rings (SSSR count). The number of alkyl halides is 3. The Morgan fingerprint density at radius 2 is 2.00 bits per heavy atom. The van der Waals surface area contributed by atoms with E-state index < -0.39 is 30.5 Å². The van der Waals surface area contributed by atoms with Crippen molar-refractivity contribution in [2.24, 2.45) is 0 Å². The summed E-state index contributed by atoms with van der Waals surface area (Å²) in [5, 5.41) is 2.54. The van der Waals surface area contributed by atoms with Gasteiger partial charge in [0.25, 0.3) is 0 Å². The van der Waals surface area contributed by atoms with E-state index in [1.54, 1.807) is 6.92 Å². The first-order valence-corrected chi connectivity index (χ1v) is 5.86. The third-order valence-electron chi connectivity index (χ3n) is 2.86. The Morgan fingerprint density at radius 1 is 1.42 bits per heavy atom. The second-order valence-corrected chi connectivity index (χ2v) is 5.02. The molecule has 1 fully saturated rings. The molecule has 0 spiro atoms. The highest BCUT2D eigenvalue weighted by atomic mass is 19.4. The van der Waals surface area contributed by atoms with Crippen LogP contribution in [0, 0.1) is 0 Å². The van der Waals surface area contributed by atoms with Crippen LogP contribution >= 0.6 is 0 Å². The molecule has 0 radical (unpaired) electrons. The van der Waals surface area contributed by atoms with Crippen molar-refractivity contribution in [3.8, 4) is 0 Å². The molecule has 1 saturated heterocycles. The van der Waals surface area contributed by atoms with E-state index in [9.17, 15) is 22.8 Å². The molecule has 1 N–H and O–H groups in total. The van der Waals surface area contributed by atoms with Gasteiger partial charge in [-0.15, -0.1) is 13.2 Å². The topological polar surface area (TPSA) is 58.6 Å². The van der Waals surface area contributed by atoms with Crippen molar-refractivity contribution in [3.63, 3.8) is 0 Å². The molecule has 8 heteroatoms. The molecule has 1 aliphatic heterocycles. The van der Waals surface area contributed by atoms with Gasteiger partial charge in [0, 0.05) is 19.0 Å². The predicted molar refractivity (Wildman–Crippen MR) is 60.0 cm³/mol. The van der Waals surface area contributed by atoms with Crippen LogP contribution in [-0.2, 0) is 14.3 Å². The highest BCUT2D eigenvalue weighted by molar-refractivity contribution is 5.93. The zero-order chi connectivity index (χ0) is 14.8. The van der Waals surface area contributed by atoms with Crippen LogP contribution in [0.25, 0.3) is 0 Å². The lowest BCUT2D eigenvalue weighted by molar-refractivity contribution is -0.325. The molecular weight excluding hydrogens is 265 g/mol. The molecule has 2 amide bonds. The highest BCUT2D eigenvalue weighted by Crippen LogP contribution is 2.19. The maximum atomic E-state index is 12.2. The average Bonchev–Trinajstić information content (AvgIpc) is 2.25. The maximum Gasteiger partial charge on any atom is 0.522 e. The van der Waals surface area contributed by atoms with Crippen LogP contribution in [0.15, 0.2) is 0 Å². The van der Waals surface area contributed by atoms with Crippen molar-refractivity contribution in [3.05, 3.63) is 0 Å². The Balaban J connectivity index is 2.73. The first kappa shape index (κ1) is 15.7. The quantitative estimate of drug-likeness (QED) is 0.841. The molecule has 5 nitrogen and oxygen atoms in total. The third kappa shape index (κ3) is 4.38. The molecule has 110 valence electrons. The second kappa shape index (κ2) is 5.36. The first-order chi connectivity index (χ1) is 8.53. The molecule has 0 aromatic carbocycles. The van der Waals surface area contributed by atoms with E-state index in [4.69, 9.17) is 0 Å². The van der Waals surface area contributed by atoms with Gasteiger partial charge >= 0.3 is 6.36 Å². The van der Waals surface area contributed by atoms with Crippen molar-refractivity contribution in [2.75, 3.05) is 13.2 Å². The molecule has 0 aliphatic carbocycles. The lowest BCUT2D eigenvalue weighted by atomic mass is 10.0. The minimum absolute atomic E-state index is 0.0567. The molecule has 0 bridgehead atoms. The summed E-state index contributed by atoms with van der Waals surface area (Å²) < 4.78 is 39.4. The number of hydrogen-bond acceptors (Lipinski definition) is 3. The van der Waals surface area contributed by atoms with E-state index in [0.29, 0.717) is 0 Å². The SMILES string of the molecule is CC1CC(=O)NC(C)(C)C(=O)N1CCOC(F)(F)F. The summed E-state index contributed by atoms with van der Waals surface area (Å²) in [6, 6.07) is -0.467. The summed E-state index contributed by atoms with van der Waals surface area (Å²) in [6.07, 6.45) is -4.66. The van der Waals surface area contributed by atoms with Gasteiger partial charge in [-0.3, -0.25) is 14.3 Å². The van der Waals surface area contributed by atoms with Crippen LogP contribution < -0.4 is 5.32 Å². The van der Waals surface area contributed by atoms with E-state index in [-0.39, 0.29) is 18.9 Å². The Bertz CT molecular complexity index is 369. The zero-order valence-corrected chi connectivity index (χ0v) is 11.0. The minimum Gasteiger partial charge on any atom is -0.342 e. The molecule has 0 saturated carbocycles. The smallest absolute Gasteiger partial charge is 0.342 e. The molecule has 1 aliphatic rings. The number of nitrogens with zero attached hydrogens (tertiary/aromatic N) is 1. The van der Waals surface area contributed by atoms with E-state index in [2.05, 4.69) is 10.1 Å². The lowest BCUT2D eigenvalue weighted by Crippen LogP contribution is -2.54. The van der Waals surface area contributed by atoms with Crippen LogP contribution in [0.3, 0.4) is 0 Å². The number of ether oxygens (including phenoxy) is 1. The first-order valence-electron chi connectivity index (χ1n) is 5.86. The van der Waals surface area contributed by atoms with Crippen LogP contribution in [-0.4, -0.2) is 47.8 Å². The number of rotatable bonds is 3. The summed E-state index contributed by atoms with van der Waals surface area (Å²) in [6.45, 7) is 3.79. The van der Waals surface area contributed by atoms with Crippen molar-refractivity contribution in [1.82, 2.24) is 10.2 Å². The number of carbonyl (C=O) groups is 2. The highest BCUT2D eigenvalue weighted by Gasteiger charge is 2.39. The van der Waals surface area contributed by atoms with Crippen molar-refractivity contribution in [2.45, 2.75) is 45.1 Å². The molecule has 1 atom stereocenters. The summed E-state index contributed by atoms with van der Waals surface area (Å²) in [5.74, 6) is -0.721. The van der Waals surface area contributed by atoms with Gasteiger partial charge in [0.1, 0.15) is 5.54 Å². The standard InChI is InChI=1S/C11H17F3N2O3/c1-7-6-8(17)15-10(2,3)9(18)16(7)4-5-19-11(12,13)14/h7H,4-6H2,1-3H3,(H,15,17). The van der Waals surface area contributed by atoms with Crippen molar-refractivity contribution in [1.29, 1.82) is 0 Å². The Labute approximate surface area is 109 Å². The summed E-state index contributed by atoms with van der Waals surface area (Å²) >= 11 is 0. The predicted octanol–water partition coefficient (Wildman–Crippen LogP) is 1.04. The summed E-state index contributed by atoms with van der Waals surface area (Å²) in [5.41, 5.74) is -1.12. The van der Waals surface area contributed by atoms with E-state index in [1.165, 1.54) is 18.7 Å². The number of nitrogens with one attached hydrogen (secondary N) is 1. The number of hydrogen-bond donors (Lipinski definition) is 1. The normalized spacial score (nSPS) is 24.1. The molecule has 0 aromatic heterocycles. The zero-order valence-electron chi connectivity index (χ0n) is 11.0. The second-order valence-electron chi connectivity index (χ2n) is 5.02. The van der Waals surface area contributed by atoms with Gasteiger partial charge in [0.15, 0.2) is 0 Å². The van der Waals surface area contributed by atoms with Gasteiger partial charge in [-0.1, -0.05) is 0 Å². The van der Waals surface area contributed by atoms with Crippen molar-refractivity contribution >= 4 is 11.8 Å².